The van der Waals surface area contributed by atoms with Crippen LogP contribution in [0.3, 0.4) is 0 Å². The van der Waals surface area contributed by atoms with Crippen LogP contribution in [0.25, 0.3) is 0 Å². The van der Waals surface area contributed by atoms with Crippen molar-refractivity contribution in [2.45, 2.75) is 27.2 Å². The van der Waals surface area contributed by atoms with E-state index in [4.69, 9.17) is 44.3 Å². The Bertz CT molecular complexity index is 755. The van der Waals surface area contributed by atoms with Crippen LogP contribution in [0.2, 0.25) is 15.1 Å². The van der Waals surface area contributed by atoms with Gasteiger partial charge in [-0.1, -0.05) is 41.7 Å². The summed E-state index contributed by atoms with van der Waals surface area (Å²) in [6, 6.07) is 1.33. The van der Waals surface area contributed by atoms with Gasteiger partial charge in [0, 0.05) is 6.21 Å². The van der Waals surface area contributed by atoms with Crippen molar-refractivity contribution >= 4 is 58.6 Å². The van der Waals surface area contributed by atoms with E-state index < -0.39 is 11.9 Å². The number of aliphatic hydroxyl groups is 1. The molecule has 1 aromatic rings. The average Bonchev–Trinajstić information content (AvgIpc) is 2.57. The van der Waals surface area contributed by atoms with E-state index >= 15 is 0 Å². The molecule has 9 heteroatoms. The molecule has 6 nitrogen and oxygen atoms in total. The highest BCUT2D eigenvalue weighted by Crippen LogP contribution is 2.39. The topological polar surface area (TPSA) is 85.2 Å². The largest absolute Gasteiger partial charge is 0.512 e. The van der Waals surface area contributed by atoms with Crippen LogP contribution in [0.5, 0.6) is 0 Å². The second-order valence-electron chi connectivity index (χ2n) is 4.99. The number of halogens is 3. The molecule has 0 aliphatic heterocycles. The number of benzene rings is 1. The molecule has 1 aromatic carbocycles. The van der Waals surface area contributed by atoms with Crippen molar-refractivity contribution in [3.05, 3.63) is 38.0 Å². The molecule has 0 atom stereocenters. The van der Waals surface area contributed by atoms with Crippen LogP contribution in [0, 0.1) is 0 Å². The number of allylic oxidation sites excluding steroid dienone is 1. The van der Waals surface area contributed by atoms with E-state index in [9.17, 15) is 14.7 Å². The number of hydrogen-bond acceptors (Lipinski definition) is 6. The number of esters is 2. The molecular weight excluding hydrogens is 405 g/mol. The first-order chi connectivity index (χ1) is 12.2. The zero-order valence-electron chi connectivity index (χ0n) is 14.4. The van der Waals surface area contributed by atoms with Crippen LogP contribution in [0.4, 0.5) is 5.69 Å². The zero-order chi connectivity index (χ0) is 19.9. The van der Waals surface area contributed by atoms with Crippen LogP contribution in [-0.4, -0.2) is 36.5 Å². The van der Waals surface area contributed by atoms with Gasteiger partial charge in [-0.15, -0.1) is 0 Å². The highest BCUT2D eigenvalue weighted by atomic mass is 35.5. The Hall–Kier alpha value is -1.76. The summed E-state index contributed by atoms with van der Waals surface area (Å²) in [5.41, 5.74) is -0.208. The minimum absolute atomic E-state index is 0.0362. The van der Waals surface area contributed by atoms with Crippen LogP contribution in [0.1, 0.15) is 37.6 Å². The monoisotopic (exact) mass is 421 g/mol. The average molecular weight is 423 g/mol. The molecule has 142 valence electrons. The van der Waals surface area contributed by atoms with E-state index in [2.05, 4.69) is 4.99 Å². The van der Waals surface area contributed by atoms with Crippen molar-refractivity contribution in [3.63, 3.8) is 0 Å². The lowest BCUT2D eigenvalue weighted by molar-refractivity contribution is -0.138. The standard InChI is InChI=1S/C17H18Cl3NO5/c1-4-6-26-17(24)13-14(19)11(18)7-12(15(13)20)21-8-10(9(3)22)16(23)25-5-2/h7-8,22H,4-6H2,1-3H3. The van der Waals surface area contributed by atoms with Gasteiger partial charge in [0.15, 0.2) is 0 Å². The van der Waals surface area contributed by atoms with Crippen molar-refractivity contribution in [1.29, 1.82) is 0 Å². The van der Waals surface area contributed by atoms with Crippen LogP contribution in [-0.2, 0) is 14.3 Å². The first-order valence-corrected chi connectivity index (χ1v) is 8.83. The first kappa shape index (κ1) is 22.3. The van der Waals surface area contributed by atoms with Crippen molar-refractivity contribution < 1.29 is 24.2 Å². The van der Waals surface area contributed by atoms with E-state index in [1.807, 2.05) is 6.92 Å². The summed E-state index contributed by atoms with van der Waals surface area (Å²) in [5.74, 6) is -1.78. The molecule has 0 aliphatic rings. The molecule has 0 aliphatic carbocycles. The number of rotatable bonds is 7. The fourth-order valence-electron chi connectivity index (χ4n) is 1.77. The molecule has 1 rings (SSSR count). The van der Waals surface area contributed by atoms with Gasteiger partial charge in [0.25, 0.3) is 0 Å². The number of carbonyl (C=O) groups excluding carboxylic acids is 2. The SMILES string of the molecule is CCCOC(=O)c1c(Cl)c(Cl)cc(N=CC(C(=O)OCC)=C(C)O)c1Cl. The molecular formula is C17H18Cl3NO5. The number of hydrogen-bond donors (Lipinski definition) is 1. The summed E-state index contributed by atoms with van der Waals surface area (Å²) >= 11 is 18.3. The summed E-state index contributed by atoms with van der Waals surface area (Å²) < 4.78 is 9.87. The lowest BCUT2D eigenvalue weighted by Crippen LogP contribution is -2.11. The fourth-order valence-corrected chi connectivity index (χ4v) is 2.51. The maximum absolute atomic E-state index is 12.2. The molecule has 0 unspecified atom stereocenters. The fraction of sp³-hybridized carbons (Fsp3) is 0.353. The predicted octanol–water partition coefficient (Wildman–Crippen LogP) is 5.31. The van der Waals surface area contributed by atoms with Gasteiger partial charge in [0.05, 0.1) is 34.0 Å². The Morgan fingerprint density at radius 2 is 1.85 bits per heavy atom. The number of ether oxygens (including phenoxy) is 2. The molecule has 0 amide bonds. The van der Waals surface area contributed by atoms with Crippen molar-refractivity contribution in [3.8, 4) is 0 Å². The van der Waals surface area contributed by atoms with Crippen LogP contribution >= 0.6 is 34.8 Å². The second kappa shape index (κ2) is 10.4. The number of aliphatic hydroxyl groups excluding tert-OH is 1. The third-order valence-electron chi connectivity index (χ3n) is 3.00. The maximum atomic E-state index is 12.2. The van der Waals surface area contributed by atoms with Gasteiger partial charge in [-0.3, -0.25) is 4.99 Å². The lowest BCUT2D eigenvalue weighted by atomic mass is 10.2. The van der Waals surface area contributed by atoms with E-state index in [0.29, 0.717) is 6.42 Å². The van der Waals surface area contributed by atoms with Crippen LogP contribution in [0.15, 0.2) is 22.4 Å². The van der Waals surface area contributed by atoms with E-state index in [0.717, 1.165) is 6.21 Å². The molecule has 0 aromatic heterocycles. The molecule has 1 N–H and O–H groups in total. The molecule has 0 heterocycles. The Balaban J connectivity index is 3.33. The van der Waals surface area contributed by atoms with Gasteiger partial charge < -0.3 is 14.6 Å². The molecule has 0 radical (unpaired) electrons. The first-order valence-electron chi connectivity index (χ1n) is 7.70. The molecule has 0 saturated carbocycles. The van der Waals surface area contributed by atoms with E-state index in [-0.39, 0.29) is 50.9 Å². The summed E-state index contributed by atoms with van der Waals surface area (Å²) in [5, 5.41) is 9.52. The quantitative estimate of drug-likeness (QED) is 0.211. The molecule has 0 spiro atoms. The van der Waals surface area contributed by atoms with Gasteiger partial charge in [-0.25, -0.2) is 9.59 Å². The maximum Gasteiger partial charge on any atom is 0.343 e. The summed E-state index contributed by atoms with van der Waals surface area (Å²) in [6.45, 7) is 5.09. The van der Waals surface area contributed by atoms with E-state index in [1.54, 1.807) is 6.92 Å². The summed E-state index contributed by atoms with van der Waals surface area (Å²) in [6.07, 6.45) is 1.69. The van der Waals surface area contributed by atoms with Crippen LogP contribution < -0.4 is 0 Å². The lowest BCUT2D eigenvalue weighted by Gasteiger charge is -2.11. The number of nitrogens with zero attached hydrogens (tertiary/aromatic N) is 1. The van der Waals surface area contributed by atoms with Crippen molar-refractivity contribution in [2.24, 2.45) is 4.99 Å². The van der Waals surface area contributed by atoms with Gasteiger partial charge in [-0.05, 0) is 26.3 Å². The highest BCUT2D eigenvalue weighted by molar-refractivity contribution is 6.47. The third kappa shape index (κ3) is 5.62. The molecule has 0 saturated heterocycles. The molecule has 0 fully saturated rings. The zero-order valence-corrected chi connectivity index (χ0v) is 16.7. The van der Waals surface area contributed by atoms with Gasteiger partial charge >= 0.3 is 11.9 Å². The summed E-state index contributed by atoms with van der Waals surface area (Å²) in [7, 11) is 0. The van der Waals surface area contributed by atoms with Crippen molar-refractivity contribution in [2.75, 3.05) is 13.2 Å². The smallest absolute Gasteiger partial charge is 0.343 e. The normalized spacial score (nSPS) is 12.1. The van der Waals surface area contributed by atoms with Gasteiger partial charge in [-0.2, -0.15) is 0 Å². The number of carbonyl (C=O) groups is 2. The highest BCUT2D eigenvalue weighted by Gasteiger charge is 2.22. The predicted molar refractivity (Wildman–Crippen MR) is 102 cm³/mol. The Kier molecular flexibility index (Phi) is 8.92. The molecule has 26 heavy (non-hydrogen) atoms. The molecule has 0 bridgehead atoms. The Morgan fingerprint density at radius 3 is 2.38 bits per heavy atom. The minimum Gasteiger partial charge on any atom is -0.512 e. The Morgan fingerprint density at radius 1 is 1.19 bits per heavy atom. The minimum atomic E-state index is -0.755. The Labute approximate surface area is 166 Å². The van der Waals surface area contributed by atoms with E-state index in [1.165, 1.54) is 13.0 Å². The second-order valence-corrected chi connectivity index (χ2v) is 6.16. The number of aliphatic imine (C=N–C) groups is 1. The third-order valence-corrected chi connectivity index (χ3v) is 4.17. The van der Waals surface area contributed by atoms with Gasteiger partial charge in [0.2, 0.25) is 0 Å². The van der Waals surface area contributed by atoms with Crippen molar-refractivity contribution in [1.82, 2.24) is 0 Å². The van der Waals surface area contributed by atoms with Gasteiger partial charge in [0.1, 0.15) is 16.9 Å². The summed E-state index contributed by atoms with van der Waals surface area (Å²) in [4.78, 5) is 28.0.